The number of carbonyl (C=O) groups is 2. The van der Waals surface area contributed by atoms with E-state index in [1.807, 2.05) is 30.3 Å². The molecule has 0 unspecified atom stereocenters. The number of anilines is 1. The first kappa shape index (κ1) is 21.6. The number of likely N-dealkylation sites (tertiary alicyclic amines) is 1. The Morgan fingerprint density at radius 3 is 2.28 bits per heavy atom. The summed E-state index contributed by atoms with van der Waals surface area (Å²) < 4.78 is 0. The number of para-hydroxylation sites is 1. The number of amides is 2. The summed E-state index contributed by atoms with van der Waals surface area (Å²) in [6, 6.07) is 15.0. The van der Waals surface area contributed by atoms with E-state index in [-0.39, 0.29) is 17.7 Å². The lowest BCUT2D eigenvalue weighted by Gasteiger charge is -2.31. The van der Waals surface area contributed by atoms with Gasteiger partial charge in [0.1, 0.15) is 0 Å². The van der Waals surface area contributed by atoms with E-state index < -0.39 is 0 Å². The molecular weight excluding hydrogens is 409 g/mol. The highest BCUT2D eigenvalue weighted by Gasteiger charge is 2.25. The summed E-state index contributed by atoms with van der Waals surface area (Å²) in [7, 11) is 0. The molecule has 154 valence electrons. The molecule has 0 saturated carbocycles. The topological polar surface area (TPSA) is 61.4 Å². The van der Waals surface area contributed by atoms with Crippen LogP contribution < -0.4 is 10.6 Å². The predicted octanol–water partition coefficient (Wildman–Crippen LogP) is 4.35. The molecule has 0 atom stereocenters. The molecule has 5 nitrogen and oxygen atoms in total. The van der Waals surface area contributed by atoms with Crippen molar-refractivity contribution in [2.45, 2.75) is 25.8 Å². The zero-order valence-electron chi connectivity index (χ0n) is 16.2. The van der Waals surface area contributed by atoms with Gasteiger partial charge in [-0.2, -0.15) is 0 Å². The lowest BCUT2D eigenvalue weighted by atomic mass is 9.95. The van der Waals surface area contributed by atoms with Crippen molar-refractivity contribution in [3.8, 4) is 0 Å². The predicted molar refractivity (Wildman–Crippen MR) is 117 cm³/mol. The maximum Gasteiger partial charge on any atom is 0.225 e. The first-order chi connectivity index (χ1) is 14.0. The van der Waals surface area contributed by atoms with Crippen molar-refractivity contribution in [2.24, 2.45) is 5.92 Å². The van der Waals surface area contributed by atoms with Crippen LogP contribution in [0.2, 0.25) is 10.0 Å². The molecule has 2 amide bonds. The lowest BCUT2D eigenvalue weighted by Crippen LogP contribution is -2.41. The van der Waals surface area contributed by atoms with Crippen LogP contribution in [0.3, 0.4) is 0 Å². The molecule has 1 saturated heterocycles. The zero-order chi connectivity index (χ0) is 20.6. The Balaban J connectivity index is 1.37. The van der Waals surface area contributed by atoms with Gasteiger partial charge in [0, 0.05) is 25.4 Å². The van der Waals surface area contributed by atoms with Crippen LogP contribution in [-0.4, -0.2) is 36.3 Å². The third-order valence-electron chi connectivity index (χ3n) is 5.15. The third kappa shape index (κ3) is 6.46. The van der Waals surface area contributed by atoms with Gasteiger partial charge in [-0.1, -0.05) is 59.6 Å². The number of nitrogens with zero attached hydrogens (tertiary/aromatic N) is 1. The summed E-state index contributed by atoms with van der Waals surface area (Å²) >= 11 is 12.2. The zero-order valence-corrected chi connectivity index (χ0v) is 17.7. The van der Waals surface area contributed by atoms with Gasteiger partial charge in [-0.25, -0.2) is 0 Å². The summed E-state index contributed by atoms with van der Waals surface area (Å²) in [6.07, 6.45) is 1.96. The van der Waals surface area contributed by atoms with Crippen LogP contribution in [0.5, 0.6) is 0 Å². The Morgan fingerprint density at radius 2 is 1.62 bits per heavy atom. The van der Waals surface area contributed by atoms with E-state index in [4.69, 9.17) is 23.2 Å². The number of nitrogens with one attached hydrogen (secondary N) is 2. The van der Waals surface area contributed by atoms with E-state index >= 15 is 0 Å². The van der Waals surface area contributed by atoms with E-state index in [0.717, 1.165) is 31.5 Å². The second kappa shape index (κ2) is 10.6. The Labute approximate surface area is 181 Å². The Kier molecular flexibility index (Phi) is 7.92. The smallest absolute Gasteiger partial charge is 0.225 e. The van der Waals surface area contributed by atoms with Crippen molar-refractivity contribution >= 4 is 40.7 Å². The SMILES string of the molecule is O=C(CCN1CCC(C(=O)NCc2ccccc2)CC1)Nc1c(Cl)cccc1Cl. The van der Waals surface area contributed by atoms with Crippen LogP contribution in [0, 0.1) is 5.92 Å². The minimum absolute atomic E-state index is 0.0331. The number of piperidine rings is 1. The maximum absolute atomic E-state index is 12.4. The van der Waals surface area contributed by atoms with Gasteiger partial charge in [0.05, 0.1) is 15.7 Å². The van der Waals surface area contributed by atoms with E-state index in [9.17, 15) is 9.59 Å². The fourth-order valence-corrected chi connectivity index (χ4v) is 3.92. The van der Waals surface area contributed by atoms with Gasteiger partial charge in [0.2, 0.25) is 11.8 Å². The summed E-state index contributed by atoms with van der Waals surface area (Å²) in [5.41, 5.74) is 1.55. The average Bonchev–Trinajstić information content (AvgIpc) is 2.74. The molecule has 3 rings (SSSR count). The number of halogens is 2. The van der Waals surface area contributed by atoms with Gasteiger partial charge >= 0.3 is 0 Å². The normalized spacial score (nSPS) is 15.1. The lowest BCUT2D eigenvalue weighted by molar-refractivity contribution is -0.126. The molecule has 0 radical (unpaired) electrons. The highest BCUT2D eigenvalue weighted by atomic mass is 35.5. The average molecular weight is 434 g/mol. The quantitative estimate of drug-likeness (QED) is 0.681. The van der Waals surface area contributed by atoms with Crippen molar-refractivity contribution in [2.75, 3.05) is 25.0 Å². The molecule has 1 aliphatic heterocycles. The standard InChI is InChI=1S/C22H25Cl2N3O2/c23-18-7-4-8-19(24)21(18)26-20(28)11-14-27-12-9-17(10-13-27)22(29)25-15-16-5-2-1-3-6-16/h1-8,17H,9-15H2,(H,25,29)(H,26,28). The summed E-state index contributed by atoms with van der Waals surface area (Å²) in [5.74, 6) is 0.0213. The Bertz CT molecular complexity index is 817. The molecule has 1 aliphatic rings. The van der Waals surface area contributed by atoms with Crippen molar-refractivity contribution < 1.29 is 9.59 Å². The monoisotopic (exact) mass is 433 g/mol. The number of rotatable bonds is 7. The molecule has 2 aromatic carbocycles. The molecule has 1 fully saturated rings. The van der Waals surface area contributed by atoms with Gasteiger partial charge in [-0.3, -0.25) is 9.59 Å². The van der Waals surface area contributed by atoms with Gasteiger partial charge in [0.15, 0.2) is 0 Å². The third-order valence-corrected chi connectivity index (χ3v) is 5.78. The Morgan fingerprint density at radius 1 is 0.966 bits per heavy atom. The fraction of sp³-hybridized carbons (Fsp3) is 0.364. The molecule has 0 aromatic heterocycles. The first-order valence-electron chi connectivity index (χ1n) is 9.81. The van der Waals surface area contributed by atoms with Gasteiger partial charge in [0.25, 0.3) is 0 Å². The number of carbonyl (C=O) groups excluding carboxylic acids is 2. The van der Waals surface area contributed by atoms with Crippen LogP contribution in [-0.2, 0) is 16.1 Å². The molecule has 2 aromatic rings. The van der Waals surface area contributed by atoms with Crippen molar-refractivity contribution in [1.82, 2.24) is 10.2 Å². The van der Waals surface area contributed by atoms with Crippen LogP contribution in [0.25, 0.3) is 0 Å². The molecule has 0 bridgehead atoms. The van der Waals surface area contributed by atoms with E-state index in [2.05, 4.69) is 15.5 Å². The highest BCUT2D eigenvalue weighted by Crippen LogP contribution is 2.29. The number of hydrogen-bond donors (Lipinski definition) is 2. The van der Waals surface area contributed by atoms with Crippen LogP contribution >= 0.6 is 23.2 Å². The minimum atomic E-state index is -0.122. The van der Waals surface area contributed by atoms with Gasteiger partial charge in [-0.15, -0.1) is 0 Å². The molecular formula is C22H25Cl2N3O2. The molecule has 2 N–H and O–H groups in total. The Hall–Kier alpha value is -2.08. The molecule has 29 heavy (non-hydrogen) atoms. The van der Waals surface area contributed by atoms with Crippen LogP contribution in [0.4, 0.5) is 5.69 Å². The number of benzene rings is 2. The largest absolute Gasteiger partial charge is 0.352 e. The minimum Gasteiger partial charge on any atom is -0.352 e. The second-order valence-electron chi connectivity index (χ2n) is 7.21. The van der Waals surface area contributed by atoms with Crippen molar-refractivity contribution in [3.63, 3.8) is 0 Å². The first-order valence-corrected chi connectivity index (χ1v) is 10.6. The van der Waals surface area contributed by atoms with E-state index in [1.165, 1.54) is 0 Å². The molecule has 7 heteroatoms. The fourth-order valence-electron chi connectivity index (χ4n) is 3.43. The molecule has 0 spiro atoms. The number of hydrogen-bond acceptors (Lipinski definition) is 3. The van der Waals surface area contributed by atoms with Crippen molar-refractivity contribution in [1.29, 1.82) is 0 Å². The van der Waals surface area contributed by atoms with Gasteiger partial charge < -0.3 is 15.5 Å². The summed E-state index contributed by atoms with van der Waals surface area (Å²) in [5, 5.41) is 6.66. The molecule has 0 aliphatic carbocycles. The van der Waals surface area contributed by atoms with E-state index in [1.54, 1.807) is 18.2 Å². The van der Waals surface area contributed by atoms with Crippen molar-refractivity contribution in [3.05, 3.63) is 64.1 Å². The summed E-state index contributed by atoms with van der Waals surface area (Å²) in [6.45, 7) is 2.82. The molecule has 1 heterocycles. The highest BCUT2D eigenvalue weighted by molar-refractivity contribution is 6.39. The van der Waals surface area contributed by atoms with Crippen LogP contribution in [0.15, 0.2) is 48.5 Å². The maximum atomic E-state index is 12.4. The van der Waals surface area contributed by atoms with Gasteiger partial charge in [-0.05, 0) is 43.6 Å². The summed E-state index contributed by atoms with van der Waals surface area (Å²) in [4.78, 5) is 26.8. The second-order valence-corrected chi connectivity index (χ2v) is 8.03. The van der Waals surface area contributed by atoms with E-state index in [0.29, 0.717) is 35.2 Å². The van der Waals surface area contributed by atoms with Crippen LogP contribution in [0.1, 0.15) is 24.8 Å².